The molecule has 6 atom stereocenters. The van der Waals surface area contributed by atoms with E-state index < -0.39 is 0 Å². The molecule has 0 N–H and O–H groups in total. The Balaban J connectivity index is 1.61. The van der Waals surface area contributed by atoms with Gasteiger partial charge in [-0.1, -0.05) is 91.9 Å². The molecular formula is C25H44. The summed E-state index contributed by atoms with van der Waals surface area (Å²) < 4.78 is 0. The molecule has 0 aromatic carbocycles. The highest BCUT2D eigenvalue weighted by molar-refractivity contribution is 5.14. The van der Waals surface area contributed by atoms with Gasteiger partial charge in [-0.3, -0.25) is 0 Å². The maximum atomic E-state index is 2.79. The van der Waals surface area contributed by atoms with Crippen LogP contribution in [0.5, 0.6) is 0 Å². The lowest BCUT2D eigenvalue weighted by Crippen LogP contribution is -2.50. The third-order valence-electron chi connectivity index (χ3n) is 10.5. The summed E-state index contributed by atoms with van der Waals surface area (Å²) in [6.07, 6.45) is 19.8. The molecule has 0 aromatic heterocycles. The molecule has 4 rings (SSSR count). The van der Waals surface area contributed by atoms with Crippen LogP contribution < -0.4 is 0 Å². The molecule has 0 saturated heterocycles. The fourth-order valence-corrected chi connectivity index (χ4v) is 8.88. The molecule has 0 nitrogen and oxygen atoms in total. The summed E-state index contributed by atoms with van der Waals surface area (Å²) in [6, 6.07) is 0. The molecule has 0 spiro atoms. The molecule has 0 heterocycles. The van der Waals surface area contributed by atoms with Gasteiger partial charge in [0.2, 0.25) is 0 Å². The summed E-state index contributed by atoms with van der Waals surface area (Å²) in [7, 11) is 0. The summed E-state index contributed by atoms with van der Waals surface area (Å²) in [5, 5.41) is 0. The summed E-state index contributed by atoms with van der Waals surface area (Å²) in [4.78, 5) is 0. The van der Waals surface area contributed by atoms with Crippen LogP contribution in [0, 0.1) is 46.3 Å². The Morgan fingerprint density at radius 2 is 1.28 bits per heavy atom. The highest BCUT2D eigenvalue weighted by atomic mass is 14.7. The third-order valence-corrected chi connectivity index (χ3v) is 10.5. The van der Waals surface area contributed by atoms with Crippen LogP contribution in [0.1, 0.15) is 111 Å². The highest BCUT2D eigenvalue weighted by Gasteiger charge is 2.65. The number of hydrogen-bond acceptors (Lipinski definition) is 0. The second kappa shape index (κ2) is 6.87. The van der Waals surface area contributed by atoms with Crippen LogP contribution in [0.15, 0.2) is 0 Å². The van der Waals surface area contributed by atoms with Crippen LogP contribution >= 0.6 is 0 Å². The van der Waals surface area contributed by atoms with E-state index in [0.29, 0.717) is 10.8 Å². The Bertz CT molecular complexity index is 455. The van der Waals surface area contributed by atoms with E-state index in [0.717, 1.165) is 35.5 Å². The van der Waals surface area contributed by atoms with Crippen molar-refractivity contribution < 1.29 is 0 Å². The lowest BCUT2D eigenvalue weighted by molar-refractivity contribution is -0.0814. The van der Waals surface area contributed by atoms with E-state index in [-0.39, 0.29) is 0 Å². The van der Waals surface area contributed by atoms with E-state index in [1.807, 2.05) is 0 Å². The lowest BCUT2D eigenvalue weighted by atomic mass is 9.48. The first kappa shape index (κ1) is 18.4. The van der Waals surface area contributed by atoms with Gasteiger partial charge in [0.05, 0.1) is 0 Å². The fraction of sp³-hybridized carbons (Fsp3) is 1.00. The standard InChI is InChI=1S/C25H44/c1-18(20-11-7-5-8-12-20)23-22-15-16-24(3,17-22)25(23,4)19(2)21-13-9-6-10-14-21/h18-23H,5-17H2,1-4H3. The van der Waals surface area contributed by atoms with Gasteiger partial charge < -0.3 is 0 Å². The van der Waals surface area contributed by atoms with Gasteiger partial charge in [0.25, 0.3) is 0 Å². The first-order valence-electron chi connectivity index (χ1n) is 12.0. The molecule has 0 amide bonds. The van der Waals surface area contributed by atoms with Gasteiger partial charge in [-0.2, -0.15) is 0 Å². The lowest BCUT2D eigenvalue weighted by Gasteiger charge is -2.56. The molecule has 4 saturated carbocycles. The van der Waals surface area contributed by atoms with E-state index in [1.54, 1.807) is 12.8 Å². The van der Waals surface area contributed by atoms with Crippen molar-refractivity contribution in [3.63, 3.8) is 0 Å². The van der Waals surface area contributed by atoms with Gasteiger partial charge in [-0.25, -0.2) is 0 Å². The van der Waals surface area contributed by atoms with Crippen molar-refractivity contribution in [1.29, 1.82) is 0 Å². The molecule has 144 valence electrons. The van der Waals surface area contributed by atoms with Crippen LogP contribution in [0.3, 0.4) is 0 Å². The normalized spacial score (nSPS) is 45.6. The Morgan fingerprint density at radius 3 is 1.88 bits per heavy atom. The Labute approximate surface area is 157 Å². The zero-order valence-corrected chi connectivity index (χ0v) is 17.7. The zero-order chi connectivity index (χ0) is 17.7. The molecular weight excluding hydrogens is 300 g/mol. The molecule has 0 aromatic rings. The largest absolute Gasteiger partial charge is 0.0619 e. The smallest absolute Gasteiger partial charge is 0.0210 e. The average Bonchev–Trinajstić information content (AvgIpc) is 3.14. The molecule has 0 aliphatic heterocycles. The van der Waals surface area contributed by atoms with Crippen molar-refractivity contribution in [2.45, 2.75) is 111 Å². The Kier molecular flexibility index (Phi) is 5.04. The molecule has 25 heavy (non-hydrogen) atoms. The van der Waals surface area contributed by atoms with Gasteiger partial charge in [0.1, 0.15) is 0 Å². The number of hydrogen-bond donors (Lipinski definition) is 0. The van der Waals surface area contributed by atoms with E-state index in [4.69, 9.17) is 0 Å². The van der Waals surface area contributed by atoms with Crippen molar-refractivity contribution >= 4 is 0 Å². The van der Waals surface area contributed by atoms with Gasteiger partial charge in [0, 0.05) is 0 Å². The molecule has 0 heteroatoms. The zero-order valence-electron chi connectivity index (χ0n) is 17.7. The van der Waals surface area contributed by atoms with Gasteiger partial charge in [-0.15, -0.1) is 0 Å². The Morgan fingerprint density at radius 1 is 0.720 bits per heavy atom. The minimum atomic E-state index is 0.606. The van der Waals surface area contributed by atoms with E-state index >= 15 is 0 Å². The van der Waals surface area contributed by atoms with Crippen molar-refractivity contribution in [2.24, 2.45) is 46.3 Å². The summed E-state index contributed by atoms with van der Waals surface area (Å²) in [5.74, 6) is 6.06. The maximum Gasteiger partial charge on any atom is -0.0210 e. The third kappa shape index (κ3) is 2.84. The van der Waals surface area contributed by atoms with Crippen LogP contribution in [0.4, 0.5) is 0 Å². The highest BCUT2D eigenvalue weighted by Crippen LogP contribution is 2.73. The predicted molar refractivity (Wildman–Crippen MR) is 109 cm³/mol. The first-order valence-corrected chi connectivity index (χ1v) is 12.0. The van der Waals surface area contributed by atoms with Crippen molar-refractivity contribution in [3.8, 4) is 0 Å². The fourth-order valence-electron chi connectivity index (χ4n) is 8.88. The molecule has 4 aliphatic carbocycles. The average molecular weight is 345 g/mol. The van der Waals surface area contributed by atoms with Crippen LogP contribution in [-0.2, 0) is 0 Å². The van der Waals surface area contributed by atoms with E-state index in [2.05, 4.69) is 27.7 Å². The Hall–Kier alpha value is 0. The first-order chi connectivity index (χ1) is 12.0. The van der Waals surface area contributed by atoms with Crippen LogP contribution in [0.2, 0.25) is 0 Å². The van der Waals surface area contributed by atoms with Crippen molar-refractivity contribution in [2.75, 3.05) is 0 Å². The minimum absolute atomic E-state index is 0.606. The van der Waals surface area contributed by atoms with Crippen molar-refractivity contribution in [1.82, 2.24) is 0 Å². The van der Waals surface area contributed by atoms with Crippen molar-refractivity contribution in [3.05, 3.63) is 0 Å². The van der Waals surface area contributed by atoms with Crippen LogP contribution in [-0.4, -0.2) is 0 Å². The molecule has 0 radical (unpaired) electrons. The molecule has 4 aliphatic rings. The maximum absolute atomic E-state index is 2.79. The minimum Gasteiger partial charge on any atom is -0.0619 e. The monoisotopic (exact) mass is 344 g/mol. The SMILES string of the molecule is CC(C1CCCCC1)C1C2CCC(C)(C2)C1(C)C(C)C1CCCCC1. The molecule has 6 unspecified atom stereocenters. The van der Waals surface area contributed by atoms with E-state index in [9.17, 15) is 0 Å². The summed E-state index contributed by atoms with van der Waals surface area (Å²) in [5.41, 5.74) is 1.25. The van der Waals surface area contributed by atoms with Gasteiger partial charge in [-0.05, 0) is 65.6 Å². The topological polar surface area (TPSA) is 0 Å². The van der Waals surface area contributed by atoms with E-state index in [1.165, 1.54) is 70.6 Å². The van der Waals surface area contributed by atoms with Crippen LogP contribution in [0.25, 0.3) is 0 Å². The second-order valence-electron chi connectivity index (χ2n) is 11.3. The number of rotatable bonds is 4. The van der Waals surface area contributed by atoms with Gasteiger partial charge in [0.15, 0.2) is 0 Å². The summed E-state index contributed by atoms with van der Waals surface area (Å²) in [6.45, 7) is 10.9. The quantitative estimate of drug-likeness (QED) is 0.487. The predicted octanol–water partition coefficient (Wildman–Crippen LogP) is 7.86. The molecule has 2 bridgehead atoms. The number of fused-ring (bicyclic) bond motifs is 2. The summed E-state index contributed by atoms with van der Waals surface area (Å²) >= 11 is 0. The second-order valence-corrected chi connectivity index (χ2v) is 11.3. The molecule has 4 fully saturated rings. The van der Waals surface area contributed by atoms with Gasteiger partial charge >= 0.3 is 0 Å².